The number of esters is 1. The number of hydroxylamine groups is 1. The van der Waals surface area contributed by atoms with Gasteiger partial charge in [-0.05, 0) is 12.8 Å². The van der Waals surface area contributed by atoms with Gasteiger partial charge in [0.05, 0.1) is 13.2 Å². The van der Waals surface area contributed by atoms with E-state index in [0.29, 0.717) is 0 Å². The Labute approximate surface area is 83.3 Å². The van der Waals surface area contributed by atoms with E-state index in [1.54, 1.807) is 0 Å². The van der Waals surface area contributed by atoms with Gasteiger partial charge in [-0.15, -0.1) is 0 Å². The van der Waals surface area contributed by atoms with E-state index in [2.05, 4.69) is 10.2 Å². The molecule has 5 nitrogen and oxygen atoms in total. The predicted molar refractivity (Wildman–Crippen MR) is 49.0 cm³/mol. The first-order valence-electron chi connectivity index (χ1n) is 4.64. The summed E-state index contributed by atoms with van der Waals surface area (Å²) in [7, 11) is 1.30. The van der Waals surface area contributed by atoms with Crippen molar-refractivity contribution in [3.05, 3.63) is 0 Å². The maximum atomic E-state index is 11.4. The lowest BCUT2D eigenvalue weighted by Gasteiger charge is -2.24. The molecule has 0 spiro atoms. The van der Waals surface area contributed by atoms with Gasteiger partial charge in [-0.2, -0.15) is 5.48 Å². The van der Waals surface area contributed by atoms with Crippen molar-refractivity contribution in [1.82, 2.24) is 5.48 Å². The minimum atomic E-state index is -1.50. The summed E-state index contributed by atoms with van der Waals surface area (Å²) < 4.78 is 4.63. The van der Waals surface area contributed by atoms with E-state index < -0.39 is 17.7 Å². The van der Waals surface area contributed by atoms with Crippen molar-refractivity contribution in [1.29, 1.82) is 0 Å². The number of rotatable bonds is 2. The topological polar surface area (TPSA) is 67.8 Å². The summed E-state index contributed by atoms with van der Waals surface area (Å²) in [6, 6.07) is -0.225. The molecule has 3 atom stereocenters. The molecule has 1 fully saturated rings. The molecule has 0 radical (unpaired) electrons. The Kier molecular flexibility index (Phi) is 3.14. The average molecular weight is 203 g/mol. The van der Waals surface area contributed by atoms with Gasteiger partial charge in [-0.1, -0.05) is 13.8 Å². The molecule has 0 amide bonds. The highest BCUT2D eigenvalue weighted by Gasteiger charge is 2.52. The number of methoxy groups -OCH3 is 1. The summed E-state index contributed by atoms with van der Waals surface area (Å²) in [5.41, 5.74) is 2.66. The maximum Gasteiger partial charge on any atom is 0.315 e. The van der Waals surface area contributed by atoms with E-state index in [1.165, 1.54) is 14.0 Å². The molecule has 0 aromatic heterocycles. The van der Waals surface area contributed by atoms with E-state index in [9.17, 15) is 9.90 Å². The lowest BCUT2D eigenvalue weighted by atomic mass is 9.86. The highest BCUT2D eigenvalue weighted by molar-refractivity contribution is 5.74. The van der Waals surface area contributed by atoms with Gasteiger partial charge in [0.15, 0.2) is 5.79 Å². The number of carbonyl (C=O) groups excluding carboxylic acids is 1. The van der Waals surface area contributed by atoms with Crippen LogP contribution in [0.5, 0.6) is 0 Å². The van der Waals surface area contributed by atoms with Crippen molar-refractivity contribution in [2.45, 2.75) is 32.6 Å². The van der Waals surface area contributed by atoms with Gasteiger partial charge in [0.1, 0.15) is 5.92 Å². The normalized spacial score (nSPS) is 37.6. The average Bonchev–Trinajstić information content (AvgIpc) is 2.40. The zero-order valence-electron chi connectivity index (χ0n) is 8.90. The zero-order valence-corrected chi connectivity index (χ0v) is 8.90. The fourth-order valence-corrected chi connectivity index (χ4v) is 1.67. The van der Waals surface area contributed by atoms with Crippen molar-refractivity contribution in [2.24, 2.45) is 11.8 Å². The van der Waals surface area contributed by atoms with Crippen LogP contribution in [-0.4, -0.2) is 30.0 Å². The quantitative estimate of drug-likeness (QED) is 0.620. The molecule has 0 bridgehead atoms. The van der Waals surface area contributed by atoms with Crippen LogP contribution in [0.25, 0.3) is 0 Å². The molecule has 82 valence electrons. The number of hydrogen-bond acceptors (Lipinski definition) is 5. The maximum absolute atomic E-state index is 11.4. The standard InChI is InChI=1S/C9H17NO4/c1-5(2)7-6(8(11)13-4)9(3,12)14-10-7/h5-7,10,12H,1-4H3/t6-,7+,9?/m1/s1. The molecule has 1 saturated heterocycles. The molecule has 5 heteroatoms. The van der Waals surface area contributed by atoms with Crippen LogP contribution in [-0.2, 0) is 14.4 Å². The van der Waals surface area contributed by atoms with E-state index >= 15 is 0 Å². The van der Waals surface area contributed by atoms with Gasteiger partial charge in [-0.3, -0.25) is 9.63 Å². The first kappa shape index (κ1) is 11.4. The molecule has 14 heavy (non-hydrogen) atoms. The lowest BCUT2D eigenvalue weighted by molar-refractivity contribution is -0.212. The smallest absolute Gasteiger partial charge is 0.315 e. The second-order valence-electron chi connectivity index (χ2n) is 4.05. The van der Waals surface area contributed by atoms with Crippen molar-refractivity contribution < 1.29 is 19.5 Å². The summed E-state index contributed by atoms with van der Waals surface area (Å²) in [5.74, 6) is -2.47. The highest BCUT2D eigenvalue weighted by atomic mass is 16.8. The number of carbonyl (C=O) groups is 1. The van der Waals surface area contributed by atoms with Crippen LogP contribution in [0, 0.1) is 11.8 Å². The summed E-state index contributed by atoms with van der Waals surface area (Å²) in [4.78, 5) is 16.4. The summed E-state index contributed by atoms with van der Waals surface area (Å²) in [6.45, 7) is 5.33. The molecule has 0 aromatic rings. The Bertz CT molecular complexity index is 227. The van der Waals surface area contributed by atoms with E-state index in [-0.39, 0.29) is 12.0 Å². The van der Waals surface area contributed by atoms with Crippen LogP contribution in [0.15, 0.2) is 0 Å². The monoisotopic (exact) mass is 203 g/mol. The molecule has 0 saturated carbocycles. The first-order chi connectivity index (χ1) is 6.40. The van der Waals surface area contributed by atoms with Gasteiger partial charge >= 0.3 is 5.97 Å². The van der Waals surface area contributed by atoms with Crippen molar-refractivity contribution in [3.8, 4) is 0 Å². The van der Waals surface area contributed by atoms with E-state index in [1.807, 2.05) is 13.8 Å². The number of aliphatic hydroxyl groups is 1. The molecule has 0 aliphatic carbocycles. The number of nitrogens with one attached hydrogen (secondary N) is 1. The largest absolute Gasteiger partial charge is 0.469 e. The third kappa shape index (κ3) is 1.89. The van der Waals surface area contributed by atoms with Crippen LogP contribution in [0.3, 0.4) is 0 Å². The van der Waals surface area contributed by atoms with Crippen LogP contribution in [0.4, 0.5) is 0 Å². The van der Waals surface area contributed by atoms with Crippen LogP contribution in [0.1, 0.15) is 20.8 Å². The molecule has 0 aromatic carbocycles. The summed E-state index contributed by atoms with van der Waals surface area (Å²) in [6.07, 6.45) is 0. The lowest BCUT2D eigenvalue weighted by Crippen LogP contribution is -2.43. The number of ether oxygens (including phenoxy) is 1. The van der Waals surface area contributed by atoms with Crippen molar-refractivity contribution in [2.75, 3.05) is 7.11 Å². The Morgan fingerprint density at radius 1 is 1.64 bits per heavy atom. The Morgan fingerprint density at radius 2 is 2.21 bits per heavy atom. The predicted octanol–water partition coefficient (Wildman–Crippen LogP) is 0.0435. The minimum Gasteiger partial charge on any atom is -0.469 e. The molecule has 1 unspecified atom stereocenters. The van der Waals surface area contributed by atoms with Crippen LogP contribution >= 0.6 is 0 Å². The second kappa shape index (κ2) is 3.84. The minimum absolute atomic E-state index is 0.174. The van der Waals surface area contributed by atoms with Crippen molar-refractivity contribution >= 4 is 5.97 Å². The summed E-state index contributed by atoms with van der Waals surface area (Å²) in [5, 5.41) is 9.79. The molecule has 2 N–H and O–H groups in total. The molecule has 1 heterocycles. The Morgan fingerprint density at radius 3 is 2.64 bits per heavy atom. The summed E-state index contributed by atoms with van der Waals surface area (Å²) >= 11 is 0. The van der Waals surface area contributed by atoms with Gasteiger partial charge in [0.25, 0.3) is 0 Å². The molecule has 1 aliphatic heterocycles. The molecular formula is C9H17NO4. The molecule has 1 rings (SSSR count). The first-order valence-corrected chi connectivity index (χ1v) is 4.64. The van der Waals surface area contributed by atoms with Gasteiger partial charge in [0.2, 0.25) is 0 Å². The van der Waals surface area contributed by atoms with Crippen LogP contribution < -0.4 is 5.48 Å². The fraction of sp³-hybridized carbons (Fsp3) is 0.889. The number of hydrogen-bond donors (Lipinski definition) is 2. The SMILES string of the molecule is COC(=O)[C@H]1[C@H](C(C)C)NOC1(C)O. The van der Waals surface area contributed by atoms with E-state index in [4.69, 9.17) is 4.84 Å². The van der Waals surface area contributed by atoms with Gasteiger partial charge in [0, 0.05) is 0 Å². The van der Waals surface area contributed by atoms with E-state index in [0.717, 1.165) is 0 Å². The molecular weight excluding hydrogens is 186 g/mol. The Balaban J connectivity index is 2.87. The van der Waals surface area contributed by atoms with Crippen molar-refractivity contribution in [3.63, 3.8) is 0 Å². The zero-order chi connectivity index (χ0) is 10.9. The third-order valence-corrected chi connectivity index (χ3v) is 2.51. The fourth-order valence-electron chi connectivity index (χ4n) is 1.67. The highest BCUT2D eigenvalue weighted by Crippen LogP contribution is 2.32. The second-order valence-corrected chi connectivity index (χ2v) is 4.05. The molecule has 1 aliphatic rings. The van der Waals surface area contributed by atoms with Crippen LogP contribution in [0.2, 0.25) is 0 Å². The Hall–Kier alpha value is -0.650. The third-order valence-electron chi connectivity index (χ3n) is 2.51. The van der Waals surface area contributed by atoms with Gasteiger partial charge < -0.3 is 9.84 Å². The van der Waals surface area contributed by atoms with Gasteiger partial charge in [-0.25, -0.2) is 0 Å².